The molecule has 1 amide bonds. The molecular formula is C12H25N3O3. The quantitative estimate of drug-likeness (QED) is 0.300. The number of carbonyl (C=O) groups excluding carboxylic acids is 1. The van der Waals surface area contributed by atoms with Gasteiger partial charge in [0.1, 0.15) is 0 Å². The summed E-state index contributed by atoms with van der Waals surface area (Å²) in [5.41, 5.74) is 5.28. The van der Waals surface area contributed by atoms with Crippen molar-refractivity contribution in [2.75, 3.05) is 19.8 Å². The number of hydrogen-bond acceptors (Lipinski definition) is 4. The molecule has 5 N–H and O–H groups in total. The van der Waals surface area contributed by atoms with Gasteiger partial charge in [0.15, 0.2) is 0 Å². The molecule has 0 aliphatic rings. The Morgan fingerprint density at radius 1 is 0.944 bits per heavy atom. The zero-order valence-electron chi connectivity index (χ0n) is 10.9. The summed E-state index contributed by atoms with van der Waals surface area (Å²) in [6.07, 6.45) is 4.97. The molecule has 0 aromatic carbocycles. The van der Waals surface area contributed by atoms with Crippen molar-refractivity contribution >= 4 is 11.9 Å². The molecule has 0 unspecified atom stereocenters. The van der Waals surface area contributed by atoms with Crippen LogP contribution < -0.4 is 16.4 Å². The summed E-state index contributed by atoms with van der Waals surface area (Å²) in [6, 6.07) is 0. The lowest BCUT2D eigenvalue weighted by Gasteiger charge is -2.05. The lowest BCUT2D eigenvalue weighted by Crippen LogP contribution is -2.24. The fraction of sp³-hybridized carbons (Fsp3) is 0.833. The molecule has 0 radical (unpaired) electrons. The van der Waals surface area contributed by atoms with Crippen molar-refractivity contribution in [3.05, 3.63) is 0 Å². The van der Waals surface area contributed by atoms with Gasteiger partial charge in [-0.2, -0.15) is 0 Å². The van der Waals surface area contributed by atoms with Crippen LogP contribution in [0, 0.1) is 0 Å². The van der Waals surface area contributed by atoms with Crippen LogP contribution in [0.3, 0.4) is 0 Å². The predicted molar refractivity (Wildman–Crippen MR) is 70.0 cm³/mol. The van der Waals surface area contributed by atoms with Gasteiger partial charge < -0.3 is 21.5 Å². The highest BCUT2D eigenvalue weighted by atomic mass is 16.4. The molecule has 6 nitrogen and oxygen atoms in total. The van der Waals surface area contributed by atoms with E-state index in [0.717, 1.165) is 32.2 Å². The number of rotatable bonds is 12. The van der Waals surface area contributed by atoms with E-state index < -0.39 is 5.97 Å². The Bertz CT molecular complexity index is 235. The minimum atomic E-state index is -0.785. The number of amides is 1. The first-order valence-electron chi connectivity index (χ1n) is 6.56. The second-order valence-corrected chi connectivity index (χ2v) is 4.22. The second-order valence-electron chi connectivity index (χ2n) is 4.22. The van der Waals surface area contributed by atoms with Crippen LogP contribution in [0.2, 0.25) is 0 Å². The summed E-state index contributed by atoms with van der Waals surface area (Å²) in [6.45, 7) is 1.96. The monoisotopic (exact) mass is 259 g/mol. The van der Waals surface area contributed by atoms with Crippen molar-refractivity contribution in [2.45, 2.75) is 44.9 Å². The van der Waals surface area contributed by atoms with Gasteiger partial charge in [-0.1, -0.05) is 6.42 Å². The minimum absolute atomic E-state index is 0.0529. The molecule has 0 fully saturated rings. The highest BCUT2D eigenvalue weighted by molar-refractivity contribution is 5.75. The highest BCUT2D eigenvalue weighted by Crippen LogP contribution is 1.99. The minimum Gasteiger partial charge on any atom is -0.481 e. The Morgan fingerprint density at radius 3 is 2.28 bits per heavy atom. The van der Waals surface area contributed by atoms with Crippen LogP contribution in [0.5, 0.6) is 0 Å². The van der Waals surface area contributed by atoms with E-state index in [1.54, 1.807) is 0 Å². The largest absolute Gasteiger partial charge is 0.481 e. The van der Waals surface area contributed by atoms with Gasteiger partial charge in [-0.3, -0.25) is 9.59 Å². The molecule has 0 aromatic heterocycles. The van der Waals surface area contributed by atoms with Crippen LogP contribution in [0.15, 0.2) is 0 Å². The van der Waals surface area contributed by atoms with E-state index in [1.165, 1.54) is 0 Å². The molecule has 6 heteroatoms. The number of carboxylic acids is 1. The number of aliphatic carboxylic acids is 1. The van der Waals surface area contributed by atoms with Crippen LogP contribution in [-0.4, -0.2) is 36.7 Å². The Kier molecular flexibility index (Phi) is 11.5. The van der Waals surface area contributed by atoms with Crippen LogP contribution in [-0.2, 0) is 9.59 Å². The molecule has 0 saturated heterocycles. The molecule has 106 valence electrons. The van der Waals surface area contributed by atoms with Gasteiger partial charge in [0.2, 0.25) is 5.91 Å². The van der Waals surface area contributed by atoms with Crippen LogP contribution in [0.25, 0.3) is 0 Å². The molecule has 0 atom stereocenters. The average molecular weight is 259 g/mol. The van der Waals surface area contributed by atoms with Crippen LogP contribution in [0.1, 0.15) is 44.9 Å². The van der Waals surface area contributed by atoms with Crippen molar-refractivity contribution < 1.29 is 14.7 Å². The Hall–Kier alpha value is -1.14. The fourth-order valence-electron chi connectivity index (χ4n) is 1.53. The molecular weight excluding hydrogens is 234 g/mol. The number of unbranched alkanes of at least 4 members (excludes halogenated alkanes) is 3. The standard InChI is InChI=1S/C12H25N3O3/c13-10-14-8-4-1-2-6-11(16)15-9-5-3-7-12(17)18/h14H,1-10,13H2,(H,15,16)(H,17,18). The third-order valence-corrected chi connectivity index (χ3v) is 2.54. The molecule has 0 saturated carbocycles. The third kappa shape index (κ3) is 12.9. The van der Waals surface area contributed by atoms with E-state index in [-0.39, 0.29) is 12.3 Å². The Balaban J connectivity index is 3.20. The summed E-state index contributed by atoms with van der Waals surface area (Å²) < 4.78 is 0. The van der Waals surface area contributed by atoms with Crippen molar-refractivity contribution in [1.29, 1.82) is 0 Å². The lowest BCUT2D eigenvalue weighted by molar-refractivity contribution is -0.137. The topological polar surface area (TPSA) is 104 Å². The van der Waals surface area contributed by atoms with Crippen LogP contribution >= 0.6 is 0 Å². The first-order chi connectivity index (χ1) is 8.66. The maximum atomic E-state index is 11.4. The number of carbonyl (C=O) groups is 2. The van der Waals surface area contributed by atoms with E-state index in [1.807, 2.05) is 0 Å². The van der Waals surface area contributed by atoms with E-state index >= 15 is 0 Å². The molecule has 0 spiro atoms. The van der Waals surface area contributed by atoms with E-state index in [2.05, 4.69) is 10.6 Å². The Morgan fingerprint density at radius 2 is 1.61 bits per heavy atom. The van der Waals surface area contributed by atoms with Gasteiger partial charge in [-0.15, -0.1) is 0 Å². The third-order valence-electron chi connectivity index (χ3n) is 2.54. The molecule has 18 heavy (non-hydrogen) atoms. The SMILES string of the molecule is NCNCCCCCC(=O)NCCCCC(=O)O. The Labute approximate surface area is 108 Å². The predicted octanol–water partition coefficient (Wildman–Crippen LogP) is 0.424. The van der Waals surface area contributed by atoms with Gasteiger partial charge in [-0.05, 0) is 32.2 Å². The summed E-state index contributed by atoms with van der Waals surface area (Å²) >= 11 is 0. The first kappa shape index (κ1) is 16.9. The molecule has 0 rings (SSSR count). The molecule has 0 aliphatic heterocycles. The fourth-order valence-corrected chi connectivity index (χ4v) is 1.53. The zero-order valence-corrected chi connectivity index (χ0v) is 10.9. The average Bonchev–Trinajstić information content (AvgIpc) is 2.33. The first-order valence-corrected chi connectivity index (χ1v) is 6.56. The smallest absolute Gasteiger partial charge is 0.303 e. The second kappa shape index (κ2) is 12.3. The summed E-state index contributed by atoms with van der Waals surface area (Å²) in [5.74, 6) is -0.732. The summed E-state index contributed by atoms with van der Waals surface area (Å²) in [4.78, 5) is 21.6. The van der Waals surface area contributed by atoms with E-state index in [0.29, 0.717) is 26.1 Å². The van der Waals surface area contributed by atoms with E-state index in [9.17, 15) is 9.59 Å². The van der Waals surface area contributed by atoms with Gasteiger partial charge in [0.05, 0.1) is 0 Å². The number of nitrogens with two attached hydrogens (primary N) is 1. The lowest BCUT2D eigenvalue weighted by atomic mass is 10.2. The maximum absolute atomic E-state index is 11.4. The van der Waals surface area contributed by atoms with Gasteiger partial charge >= 0.3 is 5.97 Å². The van der Waals surface area contributed by atoms with Gasteiger partial charge in [0, 0.05) is 26.1 Å². The zero-order chi connectivity index (χ0) is 13.6. The highest BCUT2D eigenvalue weighted by Gasteiger charge is 2.01. The maximum Gasteiger partial charge on any atom is 0.303 e. The van der Waals surface area contributed by atoms with Crippen molar-refractivity contribution in [3.63, 3.8) is 0 Å². The van der Waals surface area contributed by atoms with Crippen LogP contribution in [0.4, 0.5) is 0 Å². The number of hydrogen-bond donors (Lipinski definition) is 4. The summed E-state index contributed by atoms with van der Waals surface area (Å²) in [7, 11) is 0. The van der Waals surface area contributed by atoms with Gasteiger partial charge in [-0.25, -0.2) is 0 Å². The molecule has 0 aromatic rings. The van der Waals surface area contributed by atoms with Crippen molar-refractivity contribution in [1.82, 2.24) is 10.6 Å². The molecule has 0 aliphatic carbocycles. The summed E-state index contributed by atoms with van der Waals surface area (Å²) in [5, 5.41) is 14.2. The number of nitrogens with one attached hydrogen (secondary N) is 2. The normalized spacial score (nSPS) is 10.3. The molecule has 0 heterocycles. The van der Waals surface area contributed by atoms with Gasteiger partial charge in [0.25, 0.3) is 0 Å². The molecule has 0 bridgehead atoms. The van der Waals surface area contributed by atoms with Crippen molar-refractivity contribution in [2.24, 2.45) is 5.73 Å². The number of carboxylic acid groups (broad SMARTS) is 1. The van der Waals surface area contributed by atoms with Crippen molar-refractivity contribution in [3.8, 4) is 0 Å². The van der Waals surface area contributed by atoms with E-state index in [4.69, 9.17) is 10.8 Å².